The van der Waals surface area contributed by atoms with Gasteiger partial charge in [0.05, 0.1) is 12.6 Å². The van der Waals surface area contributed by atoms with Crippen molar-refractivity contribution in [3.63, 3.8) is 0 Å². The highest BCUT2D eigenvalue weighted by Crippen LogP contribution is 2.31. The van der Waals surface area contributed by atoms with Gasteiger partial charge in [-0.3, -0.25) is 4.99 Å². The van der Waals surface area contributed by atoms with Crippen molar-refractivity contribution in [2.75, 3.05) is 19.4 Å². The van der Waals surface area contributed by atoms with Crippen LogP contribution in [0, 0.1) is 0 Å². The van der Waals surface area contributed by atoms with E-state index in [1.807, 2.05) is 18.2 Å². The minimum Gasteiger partial charge on any atom is -0.493 e. The molecule has 1 aliphatic rings. The average molecular weight is 469 g/mol. The summed E-state index contributed by atoms with van der Waals surface area (Å²) in [6.45, 7) is 1.38. The number of para-hydroxylation sites is 1. The van der Waals surface area contributed by atoms with Crippen molar-refractivity contribution in [2.45, 2.75) is 23.8 Å². The van der Waals surface area contributed by atoms with E-state index in [1.165, 1.54) is 10.5 Å². The van der Waals surface area contributed by atoms with Gasteiger partial charge in [0, 0.05) is 23.4 Å². The van der Waals surface area contributed by atoms with Crippen LogP contribution in [-0.2, 0) is 6.42 Å². The second-order valence-corrected chi connectivity index (χ2v) is 6.62. The molecule has 3 N–H and O–H groups in total. The number of rotatable bonds is 5. The van der Waals surface area contributed by atoms with Crippen LogP contribution in [0.15, 0.2) is 58.4 Å². The van der Waals surface area contributed by atoms with E-state index in [1.54, 1.807) is 11.8 Å². The van der Waals surface area contributed by atoms with Crippen LogP contribution >= 0.6 is 35.7 Å². The number of nitrogens with one attached hydrogen (secondary N) is 1. The molecule has 1 atom stereocenters. The Bertz CT molecular complexity index is 706. The van der Waals surface area contributed by atoms with Gasteiger partial charge in [0.2, 0.25) is 0 Å². The van der Waals surface area contributed by atoms with Crippen LogP contribution in [0.25, 0.3) is 0 Å². The summed E-state index contributed by atoms with van der Waals surface area (Å²) < 4.78 is 5.67. The van der Waals surface area contributed by atoms with Gasteiger partial charge in [-0.15, -0.1) is 35.7 Å². The topological polar surface area (TPSA) is 59.6 Å². The number of nitrogens with zero attached hydrogens (tertiary/aromatic N) is 1. The van der Waals surface area contributed by atoms with Crippen LogP contribution in [0.5, 0.6) is 5.75 Å². The number of thioether (sulfide) groups is 1. The molecule has 6 heteroatoms. The molecule has 2 aromatic carbocycles. The molecule has 0 saturated heterocycles. The highest BCUT2D eigenvalue weighted by atomic mass is 127. The first-order valence-corrected chi connectivity index (χ1v) is 9.40. The van der Waals surface area contributed by atoms with E-state index >= 15 is 0 Å². The summed E-state index contributed by atoms with van der Waals surface area (Å²) in [5, 5.41) is 3.32. The number of halogens is 1. The molecule has 1 heterocycles. The zero-order chi connectivity index (χ0) is 16.8. The second-order valence-electron chi connectivity index (χ2n) is 5.74. The molecular formula is C19H24IN3OS. The fourth-order valence-corrected chi connectivity index (χ4v) is 3.22. The molecule has 0 aromatic heterocycles. The minimum atomic E-state index is 0. The lowest BCUT2D eigenvalue weighted by Crippen LogP contribution is -2.37. The Hall–Kier alpha value is -1.41. The van der Waals surface area contributed by atoms with E-state index in [-0.39, 0.29) is 30.0 Å². The number of nitrogens with two attached hydrogens (primary N) is 1. The van der Waals surface area contributed by atoms with E-state index < -0.39 is 0 Å². The number of ether oxygens (including phenoxy) is 1. The third-order valence-corrected chi connectivity index (χ3v) is 4.87. The third-order valence-electron chi connectivity index (χ3n) is 4.12. The molecule has 0 spiro atoms. The maximum absolute atomic E-state index is 6.07. The molecule has 4 nitrogen and oxygen atoms in total. The first-order chi connectivity index (χ1) is 11.8. The quantitative estimate of drug-likeness (QED) is 0.301. The Morgan fingerprint density at radius 2 is 2.00 bits per heavy atom. The number of guanidine groups is 1. The molecule has 1 unspecified atom stereocenters. The highest BCUT2D eigenvalue weighted by Gasteiger charge is 2.21. The molecule has 3 rings (SSSR count). The SMILES string of the molecule is CSc1ccc(CCN=C(N)NC2CCOc3ccccc32)cc1.I. The van der Waals surface area contributed by atoms with E-state index in [4.69, 9.17) is 10.5 Å². The zero-order valence-corrected chi connectivity index (χ0v) is 17.4. The first-order valence-electron chi connectivity index (χ1n) is 8.17. The number of aliphatic imine (C=N–C) groups is 1. The molecule has 25 heavy (non-hydrogen) atoms. The van der Waals surface area contributed by atoms with Crippen LogP contribution in [-0.4, -0.2) is 25.4 Å². The number of hydrogen-bond acceptors (Lipinski definition) is 3. The molecule has 1 aliphatic heterocycles. The van der Waals surface area contributed by atoms with Crippen LogP contribution < -0.4 is 15.8 Å². The monoisotopic (exact) mass is 469 g/mol. The largest absolute Gasteiger partial charge is 0.493 e. The van der Waals surface area contributed by atoms with Crippen LogP contribution in [0.2, 0.25) is 0 Å². The van der Waals surface area contributed by atoms with Crippen molar-refractivity contribution < 1.29 is 4.74 Å². The maximum atomic E-state index is 6.07. The Labute approximate surface area is 170 Å². The predicted octanol–water partition coefficient (Wildman–Crippen LogP) is 4.00. The van der Waals surface area contributed by atoms with Gasteiger partial charge in [-0.1, -0.05) is 30.3 Å². The van der Waals surface area contributed by atoms with E-state index in [9.17, 15) is 0 Å². The Balaban J connectivity index is 0.00000225. The fourth-order valence-electron chi connectivity index (χ4n) is 2.81. The van der Waals surface area contributed by atoms with Gasteiger partial charge < -0.3 is 15.8 Å². The van der Waals surface area contributed by atoms with Crippen molar-refractivity contribution >= 4 is 41.7 Å². The first kappa shape index (κ1) is 19.9. The van der Waals surface area contributed by atoms with E-state index in [2.05, 4.69) is 46.9 Å². The van der Waals surface area contributed by atoms with Crippen molar-refractivity contribution in [2.24, 2.45) is 10.7 Å². The predicted molar refractivity (Wildman–Crippen MR) is 116 cm³/mol. The Morgan fingerprint density at radius 1 is 1.24 bits per heavy atom. The third kappa shape index (κ3) is 5.54. The maximum Gasteiger partial charge on any atom is 0.189 e. The molecule has 0 saturated carbocycles. The van der Waals surface area contributed by atoms with Gasteiger partial charge in [-0.05, 0) is 36.4 Å². The summed E-state index contributed by atoms with van der Waals surface area (Å²) in [5.41, 5.74) is 8.49. The molecule has 0 radical (unpaired) electrons. The van der Waals surface area contributed by atoms with Crippen LogP contribution in [0.4, 0.5) is 0 Å². The molecular weight excluding hydrogens is 445 g/mol. The van der Waals surface area contributed by atoms with Gasteiger partial charge in [-0.2, -0.15) is 0 Å². The summed E-state index contributed by atoms with van der Waals surface area (Å²) in [6, 6.07) is 16.8. The van der Waals surface area contributed by atoms with Crippen molar-refractivity contribution in [3.05, 3.63) is 59.7 Å². The Kier molecular flexibility index (Phi) is 7.90. The molecule has 0 aliphatic carbocycles. The van der Waals surface area contributed by atoms with Gasteiger partial charge in [-0.25, -0.2) is 0 Å². The van der Waals surface area contributed by atoms with Crippen molar-refractivity contribution in [1.29, 1.82) is 0 Å². The molecule has 0 amide bonds. The molecule has 0 bridgehead atoms. The molecule has 2 aromatic rings. The van der Waals surface area contributed by atoms with Gasteiger partial charge in [0.25, 0.3) is 0 Å². The number of fused-ring (bicyclic) bond motifs is 1. The van der Waals surface area contributed by atoms with Crippen molar-refractivity contribution in [3.8, 4) is 5.75 Å². The van der Waals surface area contributed by atoms with E-state index in [0.717, 1.165) is 24.2 Å². The highest BCUT2D eigenvalue weighted by molar-refractivity contribution is 14.0. The lowest BCUT2D eigenvalue weighted by atomic mass is 10.0. The summed E-state index contributed by atoms with van der Waals surface area (Å²) >= 11 is 1.75. The Morgan fingerprint density at radius 3 is 2.76 bits per heavy atom. The second kappa shape index (κ2) is 9.91. The fraction of sp³-hybridized carbons (Fsp3) is 0.316. The lowest BCUT2D eigenvalue weighted by Gasteiger charge is -2.26. The zero-order valence-electron chi connectivity index (χ0n) is 14.3. The molecule has 0 fully saturated rings. The number of hydrogen-bond donors (Lipinski definition) is 2. The smallest absolute Gasteiger partial charge is 0.189 e. The summed E-state index contributed by atoms with van der Waals surface area (Å²) in [6.07, 6.45) is 3.87. The summed E-state index contributed by atoms with van der Waals surface area (Å²) in [5.74, 6) is 1.43. The van der Waals surface area contributed by atoms with Crippen LogP contribution in [0.1, 0.15) is 23.6 Å². The average Bonchev–Trinajstić information content (AvgIpc) is 2.63. The van der Waals surface area contributed by atoms with Gasteiger partial charge >= 0.3 is 0 Å². The van der Waals surface area contributed by atoms with E-state index in [0.29, 0.717) is 19.1 Å². The number of benzene rings is 2. The van der Waals surface area contributed by atoms with Crippen LogP contribution in [0.3, 0.4) is 0 Å². The summed E-state index contributed by atoms with van der Waals surface area (Å²) in [4.78, 5) is 5.75. The normalized spacial score (nSPS) is 16.4. The van der Waals surface area contributed by atoms with Crippen molar-refractivity contribution in [1.82, 2.24) is 5.32 Å². The minimum absolute atomic E-state index is 0. The molecule has 134 valence electrons. The van der Waals surface area contributed by atoms with Gasteiger partial charge in [0.15, 0.2) is 5.96 Å². The summed E-state index contributed by atoms with van der Waals surface area (Å²) in [7, 11) is 0. The van der Waals surface area contributed by atoms with Gasteiger partial charge in [0.1, 0.15) is 5.75 Å². The standard InChI is InChI=1S/C19H23N3OS.HI/c1-24-15-8-6-14(7-9-15)10-12-21-19(20)22-17-11-13-23-18-5-3-2-4-16(17)18;/h2-9,17H,10-13H2,1H3,(H3,20,21,22);1H. The lowest BCUT2D eigenvalue weighted by molar-refractivity contribution is 0.262.